The molecule has 0 aromatic carbocycles. The number of rotatable bonds is 4. The van der Waals surface area contributed by atoms with Crippen LogP contribution in [0, 0.1) is 0 Å². The first-order valence-corrected chi connectivity index (χ1v) is 6.66. The average Bonchev–Trinajstić information content (AvgIpc) is 2.72. The number of aliphatic hydroxyl groups excluding tert-OH is 3. The van der Waals surface area contributed by atoms with Crippen LogP contribution in [-0.4, -0.2) is 39.7 Å². The van der Waals surface area contributed by atoms with E-state index in [4.69, 9.17) is 9.84 Å². The fourth-order valence-corrected chi connectivity index (χ4v) is 2.11. The van der Waals surface area contributed by atoms with Gasteiger partial charge < -0.3 is 20.1 Å². The van der Waals surface area contributed by atoms with Gasteiger partial charge in [0, 0.05) is 0 Å². The van der Waals surface area contributed by atoms with Crippen LogP contribution in [0.25, 0.3) is 0 Å². The normalized spacial score (nSPS) is 14.8. The molecule has 0 saturated heterocycles. The van der Waals surface area contributed by atoms with Crippen LogP contribution in [0.15, 0.2) is 11.4 Å². The second-order valence-electron chi connectivity index (χ2n) is 5.07. The van der Waals surface area contributed by atoms with Gasteiger partial charge in [-0.3, -0.25) is 5.32 Å². The number of carbonyl (C=O) groups is 1. The van der Waals surface area contributed by atoms with Crippen molar-refractivity contribution < 1.29 is 24.9 Å². The molecule has 0 aliphatic rings. The Morgan fingerprint density at radius 2 is 2.11 bits per heavy atom. The monoisotopic (exact) mass is 289 g/mol. The van der Waals surface area contributed by atoms with Gasteiger partial charge in [-0.15, -0.1) is 11.3 Å². The first-order valence-electron chi connectivity index (χ1n) is 5.78. The van der Waals surface area contributed by atoms with E-state index in [2.05, 4.69) is 5.32 Å². The molecular weight excluding hydrogens is 270 g/mol. The molecule has 108 valence electrons. The Balaban J connectivity index is 2.63. The zero-order valence-corrected chi connectivity index (χ0v) is 11.9. The molecule has 0 fully saturated rings. The van der Waals surface area contributed by atoms with E-state index in [1.165, 1.54) is 17.4 Å². The fourth-order valence-electron chi connectivity index (χ4n) is 1.30. The molecule has 0 aliphatic heterocycles. The number of carbonyl (C=O) groups excluding carboxylic acids is 1. The molecule has 19 heavy (non-hydrogen) atoms. The van der Waals surface area contributed by atoms with E-state index < -0.39 is 30.5 Å². The molecule has 2 unspecified atom stereocenters. The minimum Gasteiger partial charge on any atom is -0.444 e. The van der Waals surface area contributed by atoms with Crippen molar-refractivity contribution in [2.45, 2.75) is 38.6 Å². The molecule has 6 nitrogen and oxygen atoms in total. The van der Waals surface area contributed by atoms with Crippen molar-refractivity contribution in [2.24, 2.45) is 0 Å². The van der Waals surface area contributed by atoms with E-state index in [-0.39, 0.29) is 0 Å². The molecule has 0 bridgehead atoms. The summed E-state index contributed by atoms with van der Waals surface area (Å²) in [5.74, 6) is 0. The van der Waals surface area contributed by atoms with Crippen molar-refractivity contribution in [2.75, 3.05) is 11.9 Å². The number of aliphatic hydroxyl groups is 3. The van der Waals surface area contributed by atoms with Gasteiger partial charge in [-0.05, 0) is 37.8 Å². The van der Waals surface area contributed by atoms with Crippen LogP contribution in [-0.2, 0) is 4.74 Å². The Hall–Kier alpha value is -1.15. The van der Waals surface area contributed by atoms with Gasteiger partial charge in [-0.1, -0.05) is 0 Å². The number of hydrogen-bond acceptors (Lipinski definition) is 6. The Morgan fingerprint density at radius 1 is 1.47 bits per heavy atom. The second kappa shape index (κ2) is 6.33. The fraction of sp³-hybridized carbons (Fsp3) is 0.583. The van der Waals surface area contributed by atoms with Crippen molar-refractivity contribution in [3.05, 3.63) is 17.0 Å². The molecule has 4 N–H and O–H groups in total. The third-order valence-corrected chi connectivity index (χ3v) is 3.00. The van der Waals surface area contributed by atoms with Crippen LogP contribution >= 0.6 is 11.3 Å². The maximum atomic E-state index is 11.5. The predicted molar refractivity (Wildman–Crippen MR) is 72.2 cm³/mol. The molecule has 0 saturated carbocycles. The second-order valence-corrected chi connectivity index (χ2v) is 5.98. The molecule has 0 aliphatic carbocycles. The maximum absolute atomic E-state index is 11.5. The lowest BCUT2D eigenvalue weighted by atomic mass is 10.1. The molecule has 1 rings (SSSR count). The van der Waals surface area contributed by atoms with Crippen molar-refractivity contribution in [3.63, 3.8) is 0 Å². The van der Waals surface area contributed by atoms with Gasteiger partial charge in [0.25, 0.3) is 0 Å². The summed E-state index contributed by atoms with van der Waals surface area (Å²) in [4.78, 5) is 11.5. The quantitative estimate of drug-likeness (QED) is 0.673. The van der Waals surface area contributed by atoms with Gasteiger partial charge >= 0.3 is 6.09 Å². The highest BCUT2D eigenvalue weighted by Gasteiger charge is 2.20. The highest BCUT2D eigenvalue weighted by atomic mass is 32.1. The lowest BCUT2D eigenvalue weighted by Gasteiger charge is -2.19. The van der Waals surface area contributed by atoms with Gasteiger partial charge in [0.15, 0.2) is 0 Å². The summed E-state index contributed by atoms with van der Waals surface area (Å²) in [7, 11) is 0. The molecule has 1 amide bonds. The molecule has 2 atom stereocenters. The minimum atomic E-state index is -1.25. The van der Waals surface area contributed by atoms with E-state index >= 15 is 0 Å². The highest BCUT2D eigenvalue weighted by Crippen LogP contribution is 2.27. The van der Waals surface area contributed by atoms with Crippen molar-refractivity contribution in [1.29, 1.82) is 0 Å². The van der Waals surface area contributed by atoms with Crippen molar-refractivity contribution in [3.8, 4) is 0 Å². The molecule has 0 spiro atoms. The van der Waals surface area contributed by atoms with Gasteiger partial charge in [-0.25, -0.2) is 4.79 Å². The van der Waals surface area contributed by atoms with E-state index in [1.807, 2.05) is 0 Å². The van der Waals surface area contributed by atoms with Gasteiger partial charge in [0.05, 0.1) is 11.6 Å². The Labute approximate surface area is 115 Å². The Bertz CT molecular complexity index is 426. The van der Waals surface area contributed by atoms with Crippen LogP contribution in [0.5, 0.6) is 0 Å². The molecule has 1 aromatic rings. The largest absolute Gasteiger partial charge is 0.444 e. The lowest BCUT2D eigenvalue weighted by Crippen LogP contribution is -2.27. The zero-order chi connectivity index (χ0) is 14.6. The summed E-state index contributed by atoms with van der Waals surface area (Å²) in [5, 5.41) is 32.4. The number of ether oxygens (including phenoxy) is 1. The lowest BCUT2D eigenvalue weighted by molar-refractivity contribution is -0.0150. The topological polar surface area (TPSA) is 99.0 Å². The summed E-state index contributed by atoms with van der Waals surface area (Å²) in [6, 6.07) is 1.53. The first kappa shape index (κ1) is 15.9. The third kappa shape index (κ3) is 5.15. The molecular formula is C12H19NO5S. The number of amides is 1. The summed E-state index contributed by atoms with van der Waals surface area (Å²) in [5.41, 5.74) is -0.158. The van der Waals surface area contributed by atoms with Crippen LogP contribution in [0.3, 0.4) is 0 Å². The summed E-state index contributed by atoms with van der Waals surface area (Å²) < 4.78 is 5.08. The molecule has 0 radical (unpaired) electrons. The van der Waals surface area contributed by atoms with E-state index in [0.29, 0.717) is 10.6 Å². The van der Waals surface area contributed by atoms with Crippen LogP contribution in [0.4, 0.5) is 9.80 Å². The Morgan fingerprint density at radius 3 is 2.63 bits per heavy atom. The first-order chi connectivity index (χ1) is 8.73. The van der Waals surface area contributed by atoms with Crippen LogP contribution in [0.2, 0.25) is 0 Å². The predicted octanol–water partition coefficient (Wildman–Crippen LogP) is 1.48. The number of anilines is 1. The average molecular weight is 289 g/mol. The smallest absolute Gasteiger partial charge is 0.412 e. The molecule has 1 heterocycles. The number of thiophene rings is 1. The van der Waals surface area contributed by atoms with Crippen molar-refractivity contribution >= 4 is 22.4 Å². The Kier molecular flexibility index (Phi) is 5.30. The number of nitrogens with one attached hydrogen (secondary N) is 1. The maximum Gasteiger partial charge on any atom is 0.412 e. The molecule has 7 heteroatoms. The van der Waals surface area contributed by atoms with Gasteiger partial charge in [0.1, 0.15) is 17.8 Å². The van der Waals surface area contributed by atoms with E-state index in [0.717, 1.165) is 0 Å². The van der Waals surface area contributed by atoms with Crippen LogP contribution < -0.4 is 5.32 Å². The summed E-state index contributed by atoms with van der Waals surface area (Å²) in [6.07, 6.45) is -3.02. The van der Waals surface area contributed by atoms with Crippen LogP contribution in [0.1, 0.15) is 32.4 Å². The summed E-state index contributed by atoms with van der Waals surface area (Å²) >= 11 is 1.20. The van der Waals surface area contributed by atoms with Crippen molar-refractivity contribution in [1.82, 2.24) is 0 Å². The number of hydrogen-bond donors (Lipinski definition) is 4. The minimum absolute atomic E-state index is 0.428. The zero-order valence-electron chi connectivity index (χ0n) is 11.1. The summed E-state index contributed by atoms with van der Waals surface area (Å²) in [6.45, 7) is 4.74. The van der Waals surface area contributed by atoms with E-state index in [9.17, 15) is 15.0 Å². The van der Waals surface area contributed by atoms with Gasteiger partial charge in [0.2, 0.25) is 0 Å². The van der Waals surface area contributed by atoms with Gasteiger partial charge in [-0.2, -0.15) is 0 Å². The molecule has 1 aromatic heterocycles. The SMILES string of the molecule is CC(C)(C)OC(=O)Nc1cc(C(O)C(O)CO)cs1. The van der Waals surface area contributed by atoms with E-state index in [1.54, 1.807) is 26.2 Å². The standard InChI is InChI=1S/C12H19NO5S/c1-12(2,3)18-11(17)13-9-4-7(6-19-9)10(16)8(15)5-14/h4,6,8,10,14-16H,5H2,1-3H3,(H,13,17). The highest BCUT2D eigenvalue weighted by molar-refractivity contribution is 7.14. The third-order valence-electron chi connectivity index (χ3n) is 2.14.